The molecule has 3 aromatic rings. The van der Waals surface area contributed by atoms with Crippen molar-refractivity contribution in [2.75, 3.05) is 26.2 Å². The second-order valence-corrected chi connectivity index (χ2v) is 8.94. The van der Waals surface area contributed by atoms with Crippen molar-refractivity contribution >= 4 is 38.0 Å². The number of hydrogen-bond acceptors (Lipinski definition) is 6. The van der Waals surface area contributed by atoms with E-state index in [0.29, 0.717) is 34.3 Å². The number of carboxylic acid groups (broad SMARTS) is 1. The van der Waals surface area contributed by atoms with Crippen molar-refractivity contribution in [3.63, 3.8) is 0 Å². The minimum atomic E-state index is -3.59. The van der Waals surface area contributed by atoms with E-state index in [4.69, 9.17) is 5.11 Å². The molecule has 4 rings (SSSR count). The highest BCUT2D eigenvalue weighted by molar-refractivity contribution is 7.89. The normalized spacial score (nSPS) is 14.9. The van der Waals surface area contributed by atoms with Crippen LogP contribution in [0.5, 0.6) is 0 Å². The van der Waals surface area contributed by atoms with Crippen LogP contribution in [0, 0.1) is 5.92 Å². The zero-order valence-electron chi connectivity index (χ0n) is 17.1. The molecule has 1 saturated heterocycles. The lowest BCUT2D eigenvalue weighted by molar-refractivity contribution is 0.0966. The minimum absolute atomic E-state index is 0.212. The summed E-state index contributed by atoms with van der Waals surface area (Å²) in [4.78, 5) is 27.2. The lowest BCUT2D eigenvalue weighted by Crippen LogP contribution is -2.35. The highest BCUT2D eigenvalue weighted by Gasteiger charge is 2.19. The van der Waals surface area contributed by atoms with Crippen molar-refractivity contribution in [3.05, 3.63) is 40.8 Å². The minimum Gasteiger partial charge on any atom is -0.450 e. The Morgan fingerprint density at radius 3 is 2.61 bits per heavy atom. The van der Waals surface area contributed by atoms with Gasteiger partial charge in [-0.05, 0) is 63.0 Å². The van der Waals surface area contributed by atoms with E-state index < -0.39 is 16.2 Å². The van der Waals surface area contributed by atoms with Crippen LogP contribution in [-0.4, -0.2) is 55.9 Å². The number of aromatic nitrogens is 2. The average Bonchev–Trinajstić information content (AvgIpc) is 3.24. The van der Waals surface area contributed by atoms with Crippen LogP contribution in [0.15, 0.2) is 40.2 Å². The van der Waals surface area contributed by atoms with Gasteiger partial charge in [0.2, 0.25) is 10.0 Å². The molecule has 2 aromatic heterocycles. The van der Waals surface area contributed by atoms with Gasteiger partial charge in [0.05, 0.1) is 11.5 Å². The summed E-state index contributed by atoms with van der Waals surface area (Å²) in [7, 11) is -3.59. The van der Waals surface area contributed by atoms with E-state index in [0.717, 1.165) is 25.9 Å². The third-order valence-electron chi connectivity index (χ3n) is 5.10. The Bertz CT molecular complexity index is 1210. The molecule has 0 radical (unpaired) electrons. The Hall–Kier alpha value is -2.89. The van der Waals surface area contributed by atoms with Crippen molar-refractivity contribution in [3.8, 4) is 0 Å². The number of piperidine rings is 1. The molecular formula is C20H26N4O6S. The van der Waals surface area contributed by atoms with Crippen LogP contribution in [0.4, 0.5) is 4.79 Å². The van der Waals surface area contributed by atoms with Gasteiger partial charge in [0.1, 0.15) is 5.52 Å². The number of aromatic amines is 2. The maximum atomic E-state index is 12.7. The van der Waals surface area contributed by atoms with Gasteiger partial charge in [-0.1, -0.05) is 0 Å². The number of nitrogens with one attached hydrogen (secondary N) is 4. The van der Waals surface area contributed by atoms with Crippen molar-refractivity contribution in [2.45, 2.75) is 24.7 Å². The number of sulfonamides is 1. The lowest BCUT2D eigenvalue weighted by Gasteiger charge is -2.22. The standard InChI is InChI=1S/C17H20N4O3S.C3H6O3/c22-17-16-13(5-8-19-16)14-9-12(1-2-15(14)21-17)25(23,24)20-10-11-3-6-18-7-4-11;1-2-6-3(4)5/h1-2,5,8-9,11,18-20H,3-4,6-7,10H2,(H,21,22);2H2,1H3,(H,4,5). The third-order valence-corrected chi connectivity index (χ3v) is 6.52. The monoisotopic (exact) mass is 450 g/mol. The summed E-state index contributed by atoms with van der Waals surface area (Å²) in [6, 6.07) is 6.57. The summed E-state index contributed by atoms with van der Waals surface area (Å²) in [6.07, 6.45) is 2.42. The molecular weight excluding hydrogens is 424 g/mol. The van der Waals surface area contributed by atoms with E-state index in [2.05, 4.69) is 24.7 Å². The van der Waals surface area contributed by atoms with Gasteiger partial charge >= 0.3 is 6.16 Å². The molecule has 0 spiro atoms. The first kappa shape index (κ1) is 22.8. The first-order valence-corrected chi connectivity index (χ1v) is 11.5. The number of benzene rings is 1. The maximum Gasteiger partial charge on any atom is 0.505 e. The van der Waals surface area contributed by atoms with E-state index >= 15 is 0 Å². The molecule has 3 heterocycles. The third kappa shape index (κ3) is 5.63. The summed E-state index contributed by atoms with van der Waals surface area (Å²) in [5, 5.41) is 12.4. The highest BCUT2D eigenvalue weighted by atomic mass is 32.2. The summed E-state index contributed by atoms with van der Waals surface area (Å²) in [6.45, 7) is 4.17. The van der Waals surface area contributed by atoms with Gasteiger partial charge in [0, 0.05) is 29.0 Å². The molecule has 5 N–H and O–H groups in total. The molecule has 11 heteroatoms. The Labute approximate surface area is 179 Å². The lowest BCUT2D eigenvalue weighted by atomic mass is 9.99. The second kappa shape index (κ2) is 9.94. The van der Waals surface area contributed by atoms with Gasteiger partial charge in [0.15, 0.2) is 0 Å². The zero-order valence-corrected chi connectivity index (χ0v) is 17.9. The Kier molecular flexibility index (Phi) is 7.31. The van der Waals surface area contributed by atoms with Crippen LogP contribution < -0.4 is 15.6 Å². The molecule has 168 valence electrons. The van der Waals surface area contributed by atoms with E-state index in [1.54, 1.807) is 31.3 Å². The number of hydrogen-bond donors (Lipinski definition) is 5. The second-order valence-electron chi connectivity index (χ2n) is 7.17. The van der Waals surface area contributed by atoms with E-state index in [1.807, 2.05) is 0 Å². The fourth-order valence-electron chi connectivity index (χ4n) is 3.51. The van der Waals surface area contributed by atoms with E-state index in [-0.39, 0.29) is 17.1 Å². The summed E-state index contributed by atoms with van der Waals surface area (Å²) < 4.78 is 32.0. The quantitative estimate of drug-likeness (QED) is 0.373. The first-order valence-electron chi connectivity index (χ1n) is 10.0. The Morgan fingerprint density at radius 2 is 1.97 bits per heavy atom. The van der Waals surface area contributed by atoms with Gasteiger partial charge in [-0.25, -0.2) is 17.9 Å². The predicted molar refractivity (Wildman–Crippen MR) is 117 cm³/mol. The molecule has 0 saturated carbocycles. The molecule has 0 bridgehead atoms. The molecule has 0 atom stereocenters. The fraction of sp³-hybridized carbons (Fsp3) is 0.400. The van der Waals surface area contributed by atoms with Gasteiger partial charge < -0.3 is 25.1 Å². The van der Waals surface area contributed by atoms with Crippen molar-refractivity contribution in [1.29, 1.82) is 0 Å². The molecule has 1 fully saturated rings. The SMILES string of the molecule is CCOC(=O)O.O=c1[nH]c2ccc(S(=O)(=O)NCC3CCNCC3)cc2c2cc[nH]c12. The van der Waals surface area contributed by atoms with Crippen molar-refractivity contribution < 1.29 is 23.1 Å². The topological polar surface area (TPSA) is 153 Å². The number of pyridine rings is 1. The molecule has 0 unspecified atom stereocenters. The van der Waals surface area contributed by atoms with Crippen LogP contribution in [0.25, 0.3) is 21.8 Å². The van der Waals surface area contributed by atoms with Crippen LogP contribution in [0.3, 0.4) is 0 Å². The summed E-state index contributed by atoms with van der Waals surface area (Å²) >= 11 is 0. The van der Waals surface area contributed by atoms with Crippen LogP contribution in [-0.2, 0) is 14.8 Å². The molecule has 1 aliphatic heterocycles. The molecule has 0 aliphatic carbocycles. The van der Waals surface area contributed by atoms with Crippen LogP contribution >= 0.6 is 0 Å². The number of rotatable bonds is 5. The Morgan fingerprint density at radius 1 is 1.23 bits per heavy atom. The average molecular weight is 451 g/mol. The smallest absolute Gasteiger partial charge is 0.450 e. The zero-order chi connectivity index (χ0) is 22.4. The van der Waals surface area contributed by atoms with Gasteiger partial charge in [-0.2, -0.15) is 0 Å². The van der Waals surface area contributed by atoms with E-state index in [9.17, 15) is 18.0 Å². The van der Waals surface area contributed by atoms with Crippen molar-refractivity contribution in [1.82, 2.24) is 20.0 Å². The maximum absolute atomic E-state index is 12.7. The Balaban J connectivity index is 0.000000401. The van der Waals surface area contributed by atoms with Gasteiger partial charge in [-0.15, -0.1) is 0 Å². The molecule has 31 heavy (non-hydrogen) atoms. The fourth-order valence-corrected chi connectivity index (χ4v) is 4.65. The highest BCUT2D eigenvalue weighted by Crippen LogP contribution is 2.24. The van der Waals surface area contributed by atoms with Crippen molar-refractivity contribution in [2.24, 2.45) is 5.92 Å². The largest absolute Gasteiger partial charge is 0.505 e. The van der Waals surface area contributed by atoms with Gasteiger partial charge in [0.25, 0.3) is 5.56 Å². The predicted octanol–water partition coefficient (Wildman–Crippen LogP) is 1.99. The number of H-pyrrole nitrogens is 2. The molecule has 1 aromatic carbocycles. The van der Waals surface area contributed by atoms with Crippen LogP contribution in [0.1, 0.15) is 19.8 Å². The first-order chi connectivity index (χ1) is 14.8. The summed E-state index contributed by atoms with van der Waals surface area (Å²) in [5.41, 5.74) is 0.853. The number of carbonyl (C=O) groups is 1. The summed E-state index contributed by atoms with van der Waals surface area (Å²) in [5.74, 6) is 0.365. The number of ether oxygens (including phenoxy) is 1. The molecule has 0 amide bonds. The van der Waals surface area contributed by atoms with E-state index in [1.165, 1.54) is 6.07 Å². The molecule has 1 aliphatic rings. The van der Waals surface area contributed by atoms with Crippen LogP contribution in [0.2, 0.25) is 0 Å². The van der Waals surface area contributed by atoms with Gasteiger partial charge in [-0.3, -0.25) is 4.79 Å². The molecule has 10 nitrogen and oxygen atoms in total. The number of fused-ring (bicyclic) bond motifs is 3.